The number of alkyl halides is 3. The van der Waals surface area contributed by atoms with Gasteiger partial charge in [0.2, 0.25) is 5.91 Å². The van der Waals surface area contributed by atoms with Crippen molar-refractivity contribution in [1.82, 2.24) is 4.98 Å². The molecule has 2 amide bonds. The maximum absolute atomic E-state index is 13.0. The molecule has 0 saturated heterocycles. The van der Waals surface area contributed by atoms with Gasteiger partial charge in [0.15, 0.2) is 0 Å². The van der Waals surface area contributed by atoms with Crippen molar-refractivity contribution in [1.29, 1.82) is 0 Å². The fraction of sp³-hybridized carbons (Fsp3) is 0.0800. The number of hydrogen-bond acceptors (Lipinski definition) is 3. The van der Waals surface area contributed by atoms with E-state index in [1.165, 1.54) is 43.6 Å². The number of pyridine rings is 1. The van der Waals surface area contributed by atoms with Crippen LogP contribution in [-0.2, 0) is 11.0 Å². The molecule has 2 aromatic carbocycles. The van der Waals surface area contributed by atoms with Gasteiger partial charge in [0.05, 0.1) is 5.56 Å². The van der Waals surface area contributed by atoms with Crippen molar-refractivity contribution < 1.29 is 22.8 Å². The van der Waals surface area contributed by atoms with Crippen molar-refractivity contribution in [2.75, 3.05) is 17.3 Å². The Morgan fingerprint density at radius 1 is 1.09 bits per heavy atom. The first-order chi connectivity index (χ1) is 15.7. The molecule has 166 valence electrons. The van der Waals surface area contributed by atoms with Crippen LogP contribution in [0, 0.1) is 12.3 Å². The molecule has 1 N–H and O–H groups in total. The number of aromatic nitrogens is 1. The number of nitrogens with one attached hydrogen (secondary N) is 1. The van der Waals surface area contributed by atoms with Crippen LogP contribution >= 0.6 is 0 Å². The zero-order valence-electron chi connectivity index (χ0n) is 17.4. The molecule has 0 spiro atoms. The molecule has 0 unspecified atom stereocenters. The quantitative estimate of drug-likeness (QED) is 0.440. The molecule has 0 aliphatic rings. The van der Waals surface area contributed by atoms with Gasteiger partial charge < -0.3 is 10.2 Å². The van der Waals surface area contributed by atoms with Crippen molar-refractivity contribution in [2.45, 2.75) is 6.18 Å². The molecule has 1 heterocycles. The average molecular weight is 449 g/mol. The molecule has 8 heteroatoms. The van der Waals surface area contributed by atoms with Crippen LogP contribution in [0.15, 0.2) is 72.9 Å². The molecule has 3 aromatic rings. The number of terminal acetylenes is 1. The topological polar surface area (TPSA) is 62.3 Å². The Morgan fingerprint density at radius 2 is 1.85 bits per heavy atom. The van der Waals surface area contributed by atoms with E-state index in [2.05, 4.69) is 16.2 Å². The fourth-order valence-corrected chi connectivity index (χ4v) is 2.87. The van der Waals surface area contributed by atoms with Crippen LogP contribution in [0.25, 0.3) is 6.08 Å². The number of nitrogens with zero attached hydrogens (tertiary/aromatic N) is 2. The van der Waals surface area contributed by atoms with Gasteiger partial charge in [-0.15, -0.1) is 6.42 Å². The third kappa shape index (κ3) is 6.08. The van der Waals surface area contributed by atoms with Gasteiger partial charge in [0.25, 0.3) is 5.91 Å². The number of anilines is 2. The Labute approximate surface area is 188 Å². The van der Waals surface area contributed by atoms with Crippen molar-refractivity contribution in [3.63, 3.8) is 0 Å². The van der Waals surface area contributed by atoms with Crippen molar-refractivity contribution in [3.05, 3.63) is 95.2 Å². The molecule has 0 fully saturated rings. The Hall–Kier alpha value is -4.38. The Bertz CT molecular complexity index is 1240. The molecular formula is C25H18F3N3O2. The van der Waals surface area contributed by atoms with E-state index < -0.39 is 23.6 Å². The van der Waals surface area contributed by atoms with Crippen LogP contribution in [0.1, 0.15) is 27.0 Å². The highest BCUT2D eigenvalue weighted by atomic mass is 19.4. The monoisotopic (exact) mass is 449 g/mol. The lowest BCUT2D eigenvalue weighted by Gasteiger charge is -2.19. The van der Waals surface area contributed by atoms with Gasteiger partial charge in [-0.2, -0.15) is 13.2 Å². The zero-order valence-corrected chi connectivity index (χ0v) is 17.4. The zero-order chi connectivity index (χ0) is 24.0. The highest BCUT2D eigenvalue weighted by molar-refractivity contribution is 6.06. The van der Waals surface area contributed by atoms with E-state index >= 15 is 0 Å². The van der Waals surface area contributed by atoms with Crippen LogP contribution in [-0.4, -0.2) is 23.8 Å². The summed E-state index contributed by atoms with van der Waals surface area (Å²) in [5, 5.41) is 2.59. The Morgan fingerprint density at radius 3 is 2.52 bits per heavy atom. The van der Waals surface area contributed by atoms with Gasteiger partial charge in [-0.1, -0.05) is 24.1 Å². The Balaban J connectivity index is 1.71. The second kappa shape index (κ2) is 9.83. The summed E-state index contributed by atoms with van der Waals surface area (Å²) in [5.41, 5.74) is 0.664. The second-order valence-corrected chi connectivity index (χ2v) is 6.94. The molecule has 3 rings (SSSR count). The van der Waals surface area contributed by atoms with Crippen LogP contribution in [0.4, 0.5) is 24.7 Å². The summed E-state index contributed by atoms with van der Waals surface area (Å²) in [6.07, 6.45) is 4.99. The summed E-state index contributed by atoms with van der Waals surface area (Å²) in [4.78, 5) is 30.1. The van der Waals surface area contributed by atoms with E-state index in [1.54, 1.807) is 30.3 Å². The average Bonchev–Trinajstić information content (AvgIpc) is 2.82. The largest absolute Gasteiger partial charge is 0.416 e. The molecule has 1 aromatic heterocycles. The third-order valence-corrected chi connectivity index (χ3v) is 4.61. The summed E-state index contributed by atoms with van der Waals surface area (Å²) in [5.74, 6) is 1.82. The smallest absolute Gasteiger partial charge is 0.311 e. The highest BCUT2D eigenvalue weighted by Gasteiger charge is 2.31. The summed E-state index contributed by atoms with van der Waals surface area (Å²) in [7, 11) is 1.40. The lowest BCUT2D eigenvalue weighted by molar-refractivity contribution is -0.137. The van der Waals surface area contributed by atoms with Crippen LogP contribution < -0.4 is 10.2 Å². The van der Waals surface area contributed by atoms with Gasteiger partial charge in [-0.25, -0.2) is 4.98 Å². The van der Waals surface area contributed by atoms with E-state index in [1.807, 2.05) is 0 Å². The first kappa shape index (κ1) is 23.3. The van der Waals surface area contributed by atoms with E-state index in [-0.39, 0.29) is 11.3 Å². The van der Waals surface area contributed by atoms with Crippen LogP contribution in [0.5, 0.6) is 0 Å². The van der Waals surface area contributed by atoms with Crippen molar-refractivity contribution in [3.8, 4) is 12.3 Å². The van der Waals surface area contributed by atoms with Crippen molar-refractivity contribution >= 4 is 29.4 Å². The first-order valence-electron chi connectivity index (χ1n) is 9.64. The van der Waals surface area contributed by atoms with Crippen molar-refractivity contribution in [2.24, 2.45) is 0 Å². The summed E-state index contributed by atoms with van der Waals surface area (Å²) in [6, 6.07) is 14.1. The number of amides is 2. The molecule has 5 nitrogen and oxygen atoms in total. The maximum atomic E-state index is 13.0. The number of benzene rings is 2. The van der Waals surface area contributed by atoms with Gasteiger partial charge in [-0.3, -0.25) is 9.59 Å². The van der Waals surface area contributed by atoms with E-state index in [0.717, 1.165) is 17.0 Å². The summed E-state index contributed by atoms with van der Waals surface area (Å²) >= 11 is 0. The van der Waals surface area contributed by atoms with E-state index in [4.69, 9.17) is 6.42 Å². The minimum Gasteiger partial charge on any atom is -0.311 e. The highest BCUT2D eigenvalue weighted by Crippen LogP contribution is 2.31. The van der Waals surface area contributed by atoms with Gasteiger partial charge in [0, 0.05) is 36.1 Å². The first-order valence-corrected chi connectivity index (χ1v) is 9.64. The normalized spacial score (nSPS) is 11.1. The molecule has 0 radical (unpaired) electrons. The molecule has 0 aliphatic heterocycles. The lowest BCUT2D eigenvalue weighted by Crippen LogP contribution is -2.26. The molecule has 0 saturated carbocycles. The van der Waals surface area contributed by atoms with Crippen LogP contribution in [0.3, 0.4) is 0 Å². The number of rotatable bonds is 5. The minimum absolute atomic E-state index is 0.110. The SMILES string of the molecule is C#Cc1ccc(NC(=O)C=Cc2cccc(C(=O)N(C)c3cccc(C(F)(F)F)c3)c2)nc1. The lowest BCUT2D eigenvalue weighted by atomic mass is 10.1. The molecule has 0 atom stereocenters. The fourth-order valence-electron chi connectivity index (χ4n) is 2.87. The molecular weight excluding hydrogens is 431 g/mol. The van der Waals surface area contributed by atoms with E-state index in [0.29, 0.717) is 16.9 Å². The number of carbonyl (C=O) groups excluding carboxylic acids is 2. The van der Waals surface area contributed by atoms with Gasteiger partial charge >= 0.3 is 6.18 Å². The molecule has 33 heavy (non-hydrogen) atoms. The van der Waals surface area contributed by atoms with Gasteiger partial charge in [0.1, 0.15) is 5.82 Å². The number of halogens is 3. The predicted molar refractivity (Wildman–Crippen MR) is 120 cm³/mol. The predicted octanol–water partition coefficient (Wildman–Crippen LogP) is 5.01. The molecule has 0 aliphatic carbocycles. The second-order valence-electron chi connectivity index (χ2n) is 6.94. The third-order valence-electron chi connectivity index (χ3n) is 4.61. The summed E-state index contributed by atoms with van der Waals surface area (Å²) < 4.78 is 38.9. The maximum Gasteiger partial charge on any atom is 0.416 e. The molecule has 0 bridgehead atoms. The number of carbonyl (C=O) groups is 2. The minimum atomic E-state index is -4.51. The Kier molecular flexibility index (Phi) is 6.94. The summed E-state index contributed by atoms with van der Waals surface area (Å²) in [6.45, 7) is 0. The van der Waals surface area contributed by atoms with Crippen LogP contribution in [0.2, 0.25) is 0 Å². The van der Waals surface area contributed by atoms with Gasteiger partial charge in [-0.05, 0) is 54.1 Å². The number of hydrogen-bond donors (Lipinski definition) is 1. The standard InChI is InChI=1S/C25H18F3N3O2/c1-3-17-10-12-22(29-16-17)30-23(32)13-11-18-6-4-7-19(14-18)24(33)31(2)21-9-5-8-20(15-21)25(26,27)28/h1,4-16H,2H3,(H,29,30,32). The van der Waals surface area contributed by atoms with E-state index in [9.17, 15) is 22.8 Å².